The van der Waals surface area contributed by atoms with E-state index < -0.39 is 0 Å². The van der Waals surface area contributed by atoms with Crippen LogP contribution in [0.25, 0.3) is 21.5 Å². The number of rotatable bonds is 8. The van der Waals surface area contributed by atoms with E-state index in [4.69, 9.17) is 18.9 Å². The maximum atomic E-state index is 6.08. The molecule has 49 heavy (non-hydrogen) atoms. The fraction of sp³-hybridized carbons (Fsp3) is 0.475. The second-order valence-electron chi connectivity index (χ2n) is 11.7. The predicted octanol–water partition coefficient (Wildman–Crippen LogP) is 9.64. The van der Waals surface area contributed by atoms with Gasteiger partial charge in [-0.3, -0.25) is 0 Å². The minimum Gasteiger partial charge on any atom is -0.376 e. The first-order valence-corrected chi connectivity index (χ1v) is 16.5. The molecule has 2 aliphatic heterocycles. The van der Waals surface area contributed by atoms with Gasteiger partial charge in [0, 0.05) is 177 Å². The van der Waals surface area contributed by atoms with Crippen molar-refractivity contribution in [3.8, 4) is 0 Å². The molecule has 0 bridgehead atoms. The summed E-state index contributed by atoms with van der Waals surface area (Å²) in [6.07, 6.45) is 5.32. The SMILES string of the molecule is CCC.CCC.Cc1ccc2c[c-]ccc2c1.[CH2-]CCO[C@@H]1CO[C@H]2[C@@H]1OC[C@H]2OCCCc1ccc2cc(C)ccc2c1.[Y].[Y].[Y].[Y].[Y]. The fourth-order valence-electron chi connectivity index (χ4n) is 5.28. The van der Waals surface area contributed by atoms with Crippen LogP contribution in [0.1, 0.15) is 70.1 Å². The zero-order valence-corrected chi connectivity index (χ0v) is 45.0. The number of aryl methyl sites for hydroxylation is 3. The quantitative estimate of drug-likeness (QED) is 0.130. The Bertz CT molecular complexity index is 1390. The van der Waals surface area contributed by atoms with E-state index >= 15 is 0 Å². The summed E-state index contributed by atoms with van der Waals surface area (Å²) >= 11 is 0. The molecule has 0 aliphatic carbocycles. The Morgan fingerprint density at radius 2 is 1.12 bits per heavy atom. The van der Waals surface area contributed by atoms with E-state index in [9.17, 15) is 0 Å². The van der Waals surface area contributed by atoms with Crippen LogP contribution in [0.5, 0.6) is 0 Å². The van der Waals surface area contributed by atoms with Crippen molar-refractivity contribution in [2.45, 2.75) is 98.1 Å². The monoisotopic (exact) mass is 1040 g/mol. The summed E-state index contributed by atoms with van der Waals surface area (Å²) in [4.78, 5) is 0. The summed E-state index contributed by atoms with van der Waals surface area (Å²) < 4.78 is 23.6. The van der Waals surface area contributed by atoms with Crippen molar-refractivity contribution in [3.63, 3.8) is 0 Å². The van der Waals surface area contributed by atoms with Crippen molar-refractivity contribution in [1.29, 1.82) is 0 Å². The van der Waals surface area contributed by atoms with Crippen molar-refractivity contribution in [2.24, 2.45) is 0 Å². The predicted molar refractivity (Wildman–Crippen MR) is 185 cm³/mol. The van der Waals surface area contributed by atoms with Gasteiger partial charge in [-0.15, -0.1) is 16.8 Å². The summed E-state index contributed by atoms with van der Waals surface area (Å²) in [6.45, 7) is 19.1. The summed E-state index contributed by atoms with van der Waals surface area (Å²) in [6, 6.07) is 28.8. The molecule has 0 amide bonds. The zero-order chi connectivity index (χ0) is 31.7. The molecule has 4 aromatic rings. The van der Waals surface area contributed by atoms with Crippen molar-refractivity contribution >= 4 is 21.5 Å². The van der Waals surface area contributed by atoms with Gasteiger partial charge in [0.05, 0.1) is 13.2 Å². The number of benzene rings is 4. The van der Waals surface area contributed by atoms with E-state index in [1.54, 1.807) is 0 Å². The molecule has 2 fully saturated rings. The minimum atomic E-state index is 0. The number of ether oxygens (including phenoxy) is 4. The van der Waals surface area contributed by atoms with Gasteiger partial charge in [-0.2, -0.15) is 30.7 Å². The van der Waals surface area contributed by atoms with Gasteiger partial charge in [0.25, 0.3) is 0 Å². The second-order valence-corrected chi connectivity index (χ2v) is 11.7. The van der Waals surface area contributed by atoms with E-state index in [-0.39, 0.29) is 188 Å². The number of hydrogen-bond donors (Lipinski definition) is 0. The average molecular weight is 1040 g/mol. The van der Waals surface area contributed by atoms with Crippen LogP contribution in [0.15, 0.2) is 72.8 Å². The maximum Gasteiger partial charge on any atom is 0.115 e. The average Bonchev–Trinajstić information content (AvgIpc) is 3.62. The van der Waals surface area contributed by atoms with Crippen LogP contribution in [0.2, 0.25) is 0 Å². The third kappa shape index (κ3) is 20.0. The Kier molecular flexibility index (Phi) is 37.7. The van der Waals surface area contributed by atoms with E-state index in [0.717, 1.165) is 25.9 Å². The molecule has 0 unspecified atom stereocenters. The van der Waals surface area contributed by atoms with Crippen LogP contribution in [0.4, 0.5) is 0 Å². The maximum absolute atomic E-state index is 6.08. The van der Waals surface area contributed by atoms with Crippen molar-refractivity contribution in [2.75, 3.05) is 26.4 Å². The summed E-state index contributed by atoms with van der Waals surface area (Å²) in [5, 5.41) is 5.17. The van der Waals surface area contributed by atoms with Crippen molar-refractivity contribution in [3.05, 3.63) is 102 Å². The van der Waals surface area contributed by atoms with Crippen LogP contribution in [0, 0.1) is 26.8 Å². The molecule has 0 spiro atoms. The molecule has 5 radical (unpaired) electrons. The Labute approximate surface area is 424 Å². The summed E-state index contributed by atoms with van der Waals surface area (Å²) in [7, 11) is 0. The van der Waals surface area contributed by atoms with Crippen LogP contribution in [-0.2, 0) is 189 Å². The van der Waals surface area contributed by atoms with Gasteiger partial charge < -0.3 is 25.9 Å². The fourth-order valence-corrected chi connectivity index (χ4v) is 5.28. The normalized spacial score (nSPS) is 18.1. The van der Waals surface area contributed by atoms with E-state index in [1.165, 1.54) is 51.1 Å². The number of hydrogen-bond acceptors (Lipinski definition) is 4. The molecular weight excluding hydrogens is 989 g/mol. The molecule has 2 aliphatic rings. The molecule has 255 valence electrons. The summed E-state index contributed by atoms with van der Waals surface area (Å²) in [5.41, 5.74) is 3.96. The van der Waals surface area contributed by atoms with E-state index in [0.29, 0.717) is 19.8 Å². The van der Waals surface area contributed by atoms with Crippen molar-refractivity contribution < 1.29 is 182 Å². The molecule has 0 N–H and O–H groups in total. The molecule has 0 saturated carbocycles. The molecule has 0 aromatic heterocycles. The van der Waals surface area contributed by atoms with Crippen molar-refractivity contribution in [1.82, 2.24) is 0 Å². The minimum absolute atomic E-state index is 0. The third-order valence-corrected chi connectivity index (χ3v) is 7.28. The third-order valence-electron chi connectivity index (χ3n) is 7.28. The molecule has 2 heterocycles. The van der Waals surface area contributed by atoms with E-state index in [1.807, 2.05) is 12.1 Å². The molecule has 9 heteroatoms. The largest absolute Gasteiger partial charge is 0.376 e. The van der Waals surface area contributed by atoms with Crippen LogP contribution in [0.3, 0.4) is 0 Å². The first-order valence-electron chi connectivity index (χ1n) is 16.5. The molecule has 4 atom stereocenters. The zero-order valence-electron chi connectivity index (χ0n) is 30.8. The number of fused-ring (bicyclic) bond motifs is 3. The van der Waals surface area contributed by atoms with Crippen LogP contribution in [-0.4, -0.2) is 50.8 Å². The van der Waals surface area contributed by atoms with Gasteiger partial charge in [0.15, 0.2) is 0 Å². The standard InChI is InChI=1S/C23H29O4.C11H9.2C3H8.5Y/c1-3-10-24-20-14-26-23-21(15-27-22(20)23)25-11-4-5-17-7-9-18-12-16(2)6-8-19(18)13-17;1-9-6-7-10-4-2-3-5-11(10)8-9;2*1-3-2;;;;;/h6-9,12-13,20-23H,1,3-5,10-11,14-15H2,2H3;3-8H,1H3;2*3H2,1-2H3;;;;;/q2*-1;;;;;;;/t20-,21-,22-,23-;;;;;;;;/m1......../s1. The first kappa shape index (κ1) is 56.1. The second kappa shape index (κ2) is 33.0. The smallest absolute Gasteiger partial charge is 0.115 e. The van der Waals surface area contributed by atoms with Gasteiger partial charge in [-0.1, -0.05) is 100 Å². The molecular formula is C40H54O4Y5-2. The van der Waals surface area contributed by atoms with Gasteiger partial charge in [0.1, 0.15) is 24.4 Å². The Morgan fingerprint density at radius 1 is 0.653 bits per heavy atom. The first-order chi connectivity index (χ1) is 21.4. The topological polar surface area (TPSA) is 36.9 Å². The molecule has 2 saturated heterocycles. The van der Waals surface area contributed by atoms with Gasteiger partial charge >= 0.3 is 0 Å². The van der Waals surface area contributed by atoms with E-state index in [2.05, 4.69) is 115 Å². The van der Waals surface area contributed by atoms with Gasteiger partial charge in [-0.25, -0.2) is 0 Å². The molecule has 4 nitrogen and oxygen atoms in total. The summed E-state index contributed by atoms with van der Waals surface area (Å²) in [5.74, 6) is 0. The Balaban J connectivity index is -0.000000813. The van der Waals surface area contributed by atoms with Crippen LogP contribution >= 0.6 is 0 Å². The van der Waals surface area contributed by atoms with Crippen LogP contribution < -0.4 is 0 Å². The molecule has 4 aromatic carbocycles. The van der Waals surface area contributed by atoms with Gasteiger partial charge in [0.2, 0.25) is 0 Å². The molecule has 6 rings (SSSR count). The Morgan fingerprint density at radius 3 is 1.67 bits per heavy atom. The Hall–Kier alpha value is 2.76. The van der Waals surface area contributed by atoms with Gasteiger partial charge in [-0.05, 0) is 43.0 Å².